The van der Waals surface area contributed by atoms with Crippen molar-refractivity contribution >= 4 is 35.6 Å². The Kier molecular flexibility index (Phi) is 5.18. The summed E-state index contributed by atoms with van der Waals surface area (Å²) in [5.41, 5.74) is 11.5. The van der Waals surface area contributed by atoms with Crippen molar-refractivity contribution in [1.29, 1.82) is 0 Å². The maximum Gasteiger partial charge on any atom is 0.251 e. The Morgan fingerprint density at radius 2 is 1.92 bits per heavy atom. The van der Waals surface area contributed by atoms with Crippen LogP contribution in [-0.4, -0.2) is 11.8 Å². The second-order valence-corrected chi connectivity index (χ2v) is 6.80. The third-order valence-electron chi connectivity index (χ3n) is 5.05. The normalized spacial score (nSPS) is 18.0. The van der Waals surface area contributed by atoms with Crippen LogP contribution in [0.5, 0.6) is 0 Å². The first-order chi connectivity index (χ1) is 12.1. The van der Waals surface area contributed by atoms with Crippen LogP contribution in [0.15, 0.2) is 36.4 Å². The zero-order valence-corrected chi connectivity index (χ0v) is 15.2. The number of halogens is 1. The summed E-state index contributed by atoms with van der Waals surface area (Å²) in [7, 11) is 0. The summed E-state index contributed by atoms with van der Waals surface area (Å²) in [6.45, 7) is 0. The van der Waals surface area contributed by atoms with E-state index in [1.807, 2.05) is 30.3 Å². The second kappa shape index (κ2) is 7.38. The van der Waals surface area contributed by atoms with Gasteiger partial charge in [-0.1, -0.05) is 6.07 Å². The smallest absolute Gasteiger partial charge is 0.251 e. The van der Waals surface area contributed by atoms with Gasteiger partial charge in [0.05, 0.1) is 6.04 Å². The lowest BCUT2D eigenvalue weighted by molar-refractivity contribution is -0.116. The summed E-state index contributed by atoms with van der Waals surface area (Å²) in [5, 5.41) is 6.00. The van der Waals surface area contributed by atoms with E-state index in [4.69, 9.17) is 5.73 Å². The monoisotopic (exact) mass is 371 g/mol. The van der Waals surface area contributed by atoms with E-state index >= 15 is 0 Å². The maximum absolute atomic E-state index is 12.7. The molecule has 5 nitrogen and oxygen atoms in total. The summed E-state index contributed by atoms with van der Waals surface area (Å²) < 4.78 is 0. The molecule has 2 amide bonds. The van der Waals surface area contributed by atoms with Crippen molar-refractivity contribution in [2.75, 3.05) is 11.1 Å². The first-order valence-electron chi connectivity index (χ1n) is 8.72. The second-order valence-electron chi connectivity index (χ2n) is 6.80. The molecule has 0 saturated heterocycles. The molecule has 1 aliphatic carbocycles. The SMILES string of the molecule is Cl.Nc1ccc2c(c1)CCCC2NC(=O)c1ccc2c(c1)CCC(=O)N2. The summed E-state index contributed by atoms with van der Waals surface area (Å²) in [5.74, 6) is -0.0443. The molecule has 0 spiro atoms. The molecule has 1 atom stereocenters. The molecule has 2 aromatic rings. The van der Waals surface area contributed by atoms with Gasteiger partial charge in [-0.15, -0.1) is 12.4 Å². The van der Waals surface area contributed by atoms with Crippen molar-refractivity contribution in [3.8, 4) is 0 Å². The molecule has 4 N–H and O–H groups in total. The number of nitrogen functional groups attached to an aromatic ring is 1. The van der Waals surface area contributed by atoms with E-state index in [2.05, 4.69) is 10.6 Å². The Bertz CT molecular complexity index is 866. The van der Waals surface area contributed by atoms with E-state index in [0.717, 1.165) is 36.2 Å². The van der Waals surface area contributed by atoms with Crippen molar-refractivity contribution in [3.63, 3.8) is 0 Å². The molecule has 1 unspecified atom stereocenters. The Morgan fingerprint density at radius 1 is 1.08 bits per heavy atom. The fourth-order valence-corrected chi connectivity index (χ4v) is 3.75. The van der Waals surface area contributed by atoms with Crippen LogP contribution < -0.4 is 16.4 Å². The van der Waals surface area contributed by atoms with E-state index in [1.165, 1.54) is 11.1 Å². The highest BCUT2D eigenvalue weighted by molar-refractivity contribution is 5.98. The number of rotatable bonds is 2. The van der Waals surface area contributed by atoms with Crippen LogP contribution in [0.25, 0.3) is 0 Å². The van der Waals surface area contributed by atoms with Crippen molar-refractivity contribution < 1.29 is 9.59 Å². The molecule has 2 aromatic carbocycles. The predicted molar refractivity (Wildman–Crippen MR) is 105 cm³/mol. The van der Waals surface area contributed by atoms with Crippen LogP contribution in [0.3, 0.4) is 0 Å². The van der Waals surface area contributed by atoms with E-state index in [9.17, 15) is 9.59 Å². The number of nitrogens with two attached hydrogens (primary N) is 1. The number of amides is 2. The molecule has 0 radical (unpaired) electrons. The van der Waals surface area contributed by atoms with Crippen LogP contribution >= 0.6 is 12.4 Å². The van der Waals surface area contributed by atoms with Gasteiger partial charge >= 0.3 is 0 Å². The standard InChI is InChI=1S/C20H21N3O2.ClH/c21-15-6-7-16-12(11-15)2-1-3-18(16)23-20(25)14-4-8-17-13(10-14)5-9-19(24)22-17;/h4,6-8,10-11,18H,1-3,5,9,21H2,(H,22,24)(H,23,25);1H. The summed E-state index contributed by atoms with van der Waals surface area (Å²) in [6, 6.07) is 11.4. The number of carbonyl (C=O) groups excluding carboxylic acids is 2. The van der Waals surface area contributed by atoms with Crippen molar-refractivity contribution in [3.05, 3.63) is 58.7 Å². The molecule has 136 valence electrons. The lowest BCUT2D eigenvalue weighted by Gasteiger charge is -2.27. The molecule has 0 saturated carbocycles. The van der Waals surface area contributed by atoms with Crippen molar-refractivity contribution in [2.24, 2.45) is 0 Å². The maximum atomic E-state index is 12.7. The van der Waals surface area contributed by atoms with Gasteiger partial charge in [0.1, 0.15) is 0 Å². The van der Waals surface area contributed by atoms with Crippen LogP contribution in [0.2, 0.25) is 0 Å². The summed E-state index contributed by atoms with van der Waals surface area (Å²) in [4.78, 5) is 24.2. The highest BCUT2D eigenvalue weighted by atomic mass is 35.5. The van der Waals surface area contributed by atoms with Gasteiger partial charge in [-0.2, -0.15) is 0 Å². The van der Waals surface area contributed by atoms with Crippen molar-refractivity contribution in [1.82, 2.24) is 5.32 Å². The summed E-state index contributed by atoms with van der Waals surface area (Å²) in [6.07, 6.45) is 4.12. The Labute approximate surface area is 158 Å². The minimum absolute atomic E-state index is 0. The number of anilines is 2. The number of fused-ring (bicyclic) bond motifs is 2. The molecule has 1 heterocycles. The lowest BCUT2D eigenvalue weighted by atomic mass is 9.87. The zero-order chi connectivity index (χ0) is 17.4. The first kappa shape index (κ1) is 18.3. The molecule has 4 rings (SSSR count). The number of hydrogen-bond donors (Lipinski definition) is 3. The largest absolute Gasteiger partial charge is 0.399 e. The average molecular weight is 372 g/mol. The van der Waals surface area contributed by atoms with Gasteiger partial charge in [-0.05, 0) is 72.7 Å². The number of benzene rings is 2. The van der Waals surface area contributed by atoms with Gasteiger partial charge in [0.15, 0.2) is 0 Å². The third-order valence-corrected chi connectivity index (χ3v) is 5.05. The molecule has 2 aliphatic rings. The van der Waals surface area contributed by atoms with Crippen LogP contribution in [0.1, 0.15) is 52.4 Å². The number of hydrogen-bond acceptors (Lipinski definition) is 3. The van der Waals surface area contributed by atoms with Gasteiger partial charge in [-0.3, -0.25) is 9.59 Å². The highest BCUT2D eigenvalue weighted by Crippen LogP contribution is 2.31. The number of nitrogens with one attached hydrogen (secondary N) is 2. The van der Waals surface area contributed by atoms with Crippen LogP contribution in [-0.2, 0) is 17.6 Å². The molecular formula is C20H22ClN3O2. The fraction of sp³-hybridized carbons (Fsp3) is 0.300. The average Bonchev–Trinajstić information content (AvgIpc) is 2.61. The molecule has 0 fully saturated rings. The van der Waals surface area contributed by atoms with Gasteiger partial charge in [0.25, 0.3) is 5.91 Å². The topological polar surface area (TPSA) is 84.2 Å². The molecule has 26 heavy (non-hydrogen) atoms. The minimum atomic E-state index is -0.0747. The van der Waals surface area contributed by atoms with Gasteiger partial charge in [-0.25, -0.2) is 0 Å². The molecule has 1 aliphatic heterocycles. The van der Waals surface area contributed by atoms with Gasteiger partial charge < -0.3 is 16.4 Å². The van der Waals surface area contributed by atoms with Crippen LogP contribution in [0, 0.1) is 0 Å². The van der Waals surface area contributed by atoms with E-state index in [1.54, 1.807) is 6.07 Å². The Hall–Kier alpha value is -2.53. The molecule has 0 bridgehead atoms. The van der Waals surface area contributed by atoms with Gasteiger partial charge in [0.2, 0.25) is 5.91 Å². The van der Waals surface area contributed by atoms with Crippen LogP contribution in [0.4, 0.5) is 11.4 Å². The summed E-state index contributed by atoms with van der Waals surface area (Å²) >= 11 is 0. The van der Waals surface area contributed by atoms with E-state index < -0.39 is 0 Å². The van der Waals surface area contributed by atoms with E-state index in [0.29, 0.717) is 18.4 Å². The lowest BCUT2D eigenvalue weighted by Crippen LogP contribution is -2.31. The van der Waals surface area contributed by atoms with E-state index in [-0.39, 0.29) is 30.3 Å². The zero-order valence-electron chi connectivity index (χ0n) is 14.4. The third kappa shape index (κ3) is 3.53. The Morgan fingerprint density at radius 3 is 2.77 bits per heavy atom. The first-order valence-corrected chi connectivity index (χ1v) is 8.72. The highest BCUT2D eigenvalue weighted by Gasteiger charge is 2.23. The van der Waals surface area contributed by atoms with Gasteiger partial charge in [0, 0.05) is 23.4 Å². The molecule has 6 heteroatoms. The minimum Gasteiger partial charge on any atom is -0.399 e. The molecule has 0 aromatic heterocycles. The number of aryl methyl sites for hydroxylation is 2. The predicted octanol–water partition coefficient (Wildman–Crippen LogP) is 3.38. The quantitative estimate of drug-likeness (QED) is 0.707. The Balaban J connectivity index is 0.00000196. The fourth-order valence-electron chi connectivity index (χ4n) is 3.75. The van der Waals surface area contributed by atoms with Crippen molar-refractivity contribution in [2.45, 2.75) is 38.1 Å². The molecular weight excluding hydrogens is 350 g/mol. The number of carbonyl (C=O) groups is 2.